The molecule has 10 heteroatoms. The Hall–Kier alpha value is -2.40. The van der Waals surface area contributed by atoms with Gasteiger partial charge in [-0.25, -0.2) is 22.3 Å². The Morgan fingerprint density at radius 2 is 1.74 bits per heavy atom. The van der Waals surface area contributed by atoms with Crippen LogP contribution in [0.25, 0.3) is 0 Å². The Bertz CT molecular complexity index is 1340. The predicted molar refractivity (Wildman–Crippen MR) is 137 cm³/mol. The molecule has 3 fully saturated rings. The molecule has 2 heterocycles. The molecule has 38 heavy (non-hydrogen) atoms. The third-order valence-electron chi connectivity index (χ3n) is 8.56. The van der Waals surface area contributed by atoms with Crippen molar-refractivity contribution in [2.45, 2.75) is 81.4 Å². The lowest BCUT2D eigenvalue weighted by Crippen LogP contribution is -2.60. The first-order valence-electron chi connectivity index (χ1n) is 13.0. The highest BCUT2D eigenvalue weighted by molar-refractivity contribution is 7.89. The second kappa shape index (κ2) is 9.36. The van der Waals surface area contributed by atoms with Crippen LogP contribution in [0.3, 0.4) is 0 Å². The summed E-state index contributed by atoms with van der Waals surface area (Å²) in [7, 11) is -2.35. The first-order chi connectivity index (χ1) is 17.8. The number of amides is 1. The SMILES string of the molecule is CC1C(=O)N(C)O[C@H]1C1(c2cc(F)c(CN3[C@@H](C)CC[C@H](c4ccccc4)S3(=O)=O)cc2F)CC(C)(O)C1. The summed E-state index contributed by atoms with van der Waals surface area (Å²) in [6.45, 7) is 4.78. The highest BCUT2D eigenvalue weighted by Crippen LogP contribution is 2.57. The lowest BCUT2D eigenvalue weighted by Gasteiger charge is -2.55. The second-order valence-corrected chi connectivity index (χ2v) is 13.6. The smallest absolute Gasteiger partial charge is 0.251 e. The van der Waals surface area contributed by atoms with E-state index in [1.54, 1.807) is 45.0 Å². The van der Waals surface area contributed by atoms with E-state index in [2.05, 4.69) is 0 Å². The van der Waals surface area contributed by atoms with Gasteiger partial charge in [-0.3, -0.25) is 9.63 Å². The van der Waals surface area contributed by atoms with Crippen molar-refractivity contribution in [3.05, 3.63) is 70.8 Å². The zero-order valence-electron chi connectivity index (χ0n) is 22.0. The fraction of sp³-hybridized carbons (Fsp3) is 0.536. The van der Waals surface area contributed by atoms with Gasteiger partial charge in [0.25, 0.3) is 5.91 Å². The van der Waals surface area contributed by atoms with Crippen molar-refractivity contribution in [2.24, 2.45) is 5.92 Å². The van der Waals surface area contributed by atoms with Crippen LogP contribution in [-0.2, 0) is 31.6 Å². The maximum atomic E-state index is 15.8. The van der Waals surface area contributed by atoms with Crippen LogP contribution in [0.15, 0.2) is 42.5 Å². The Kier molecular flexibility index (Phi) is 6.69. The van der Waals surface area contributed by atoms with Crippen LogP contribution in [0.1, 0.15) is 68.4 Å². The van der Waals surface area contributed by atoms with E-state index in [1.807, 2.05) is 6.07 Å². The van der Waals surface area contributed by atoms with Crippen molar-refractivity contribution in [1.29, 1.82) is 0 Å². The average molecular weight is 549 g/mol. The summed E-state index contributed by atoms with van der Waals surface area (Å²) in [6, 6.07) is 10.7. The molecule has 0 spiro atoms. The molecule has 0 aromatic heterocycles. The monoisotopic (exact) mass is 548 g/mol. The number of aliphatic hydroxyl groups is 1. The summed E-state index contributed by atoms with van der Waals surface area (Å²) < 4.78 is 59.8. The lowest BCUT2D eigenvalue weighted by molar-refractivity contribution is -0.200. The molecule has 1 amide bonds. The minimum absolute atomic E-state index is 0.0296. The maximum absolute atomic E-state index is 15.8. The van der Waals surface area contributed by atoms with E-state index in [9.17, 15) is 18.3 Å². The van der Waals surface area contributed by atoms with Gasteiger partial charge in [0, 0.05) is 30.6 Å². The first-order valence-corrected chi connectivity index (χ1v) is 14.5. The summed E-state index contributed by atoms with van der Waals surface area (Å²) in [5.74, 6) is -2.32. The van der Waals surface area contributed by atoms with E-state index in [1.165, 1.54) is 11.4 Å². The molecule has 5 rings (SSSR count). The number of hydrogen-bond donors (Lipinski definition) is 1. The van der Waals surface area contributed by atoms with Gasteiger partial charge in [-0.05, 0) is 62.8 Å². The number of nitrogens with zero attached hydrogens (tertiary/aromatic N) is 2. The molecule has 1 unspecified atom stereocenters. The van der Waals surface area contributed by atoms with Crippen molar-refractivity contribution in [1.82, 2.24) is 9.37 Å². The predicted octanol–water partition coefficient (Wildman–Crippen LogP) is 4.21. The van der Waals surface area contributed by atoms with Gasteiger partial charge in [0.2, 0.25) is 10.0 Å². The molecule has 1 saturated carbocycles. The van der Waals surface area contributed by atoms with Crippen LogP contribution in [-0.4, -0.2) is 53.6 Å². The Morgan fingerprint density at radius 3 is 2.32 bits per heavy atom. The summed E-state index contributed by atoms with van der Waals surface area (Å²) in [5, 5.41) is 10.9. The summed E-state index contributed by atoms with van der Waals surface area (Å²) in [4.78, 5) is 18.2. The first kappa shape index (κ1) is 27.2. The van der Waals surface area contributed by atoms with Gasteiger partial charge in [-0.15, -0.1) is 0 Å². The molecule has 1 N–H and O–H groups in total. The third-order valence-corrected chi connectivity index (χ3v) is 10.9. The molecule has 3 aliphatic rings. The molecule has 2 saturated heterocycles. The summed E-state index contributed by atoms with van der Waals surface area (Å²) >= 11 is 0. The van der Waals surface area contributed by atoms with E-state index in [4.69, 9.17) is 4.84 Å². The molecule has 2 aromatic rings. The number of benzene rings is 2. The molecule has 1 aliphatic carbocycles. The zero-order valence-corrected chi connectivity index (χ0v) is 22.8. The standard InChI is InChI=1S/C28H34F2N2O5S/c1-17-10-11-24(19-8-6-5-7-9-19)38(35,36)32(17)14-20-12-23(30)21(13-22(20)29)28(15-27(3,34)16-28)25-18(2)26(33)31(4)37-25/h5-9,12-13,17-18,24-25,34H,10-11,14-16H2,1-4H3/t17-,18?,24+,25+,27?,28?/m0/s1. The maximum Gasteiger partial charge on any atom is 0.251 e. The summed E-state index contributed by atoms with van der Waals surface area (Å²) in [5.41, 5.74) is -1.57. The minimum Gasteiger partial charge on any atom is -0.390 e. The molecule has 206 valence electrons. The van der Waals surface area contributed by atoms with Crippen LogP contribution < -0.4 is 0 Å². The van der Waals surface area contributed by atoms with Gasteiger partial charge in [0.1, 0.15) is 23.0 Å². The van der Waals surface area contributed by atoms with Gasteiger partial charge in [-0.1, -0.05) is 37.3 Å². The molecular formula is C28H34F2N2O5S. The Morgan fingerprint density at radius 1 is 1.08 bits per heavy atom. The molecular weight excluding hydrogens is 514 g/mol. The topological polar surface area (TPSA) is 87.2 Å². The van der Waals surface area contributed by atoms with E-state index < -0.39 is 49.9 Å². The van der Waals surface area contributed by atoms with Gasteiger partial charge in [-0.2, -0.15) is 4.31 Å². The van der Waals surface area contributed by atoms with Crippen LogP contribution in [0.5, 0.6) is 0 Å². The molecule has 4 atom stereocenters. The van der Waals surface area contributed by atoms with Crippen molar-refractivity contribution in [3.63, 3.8) is 0 Å². The summed E-state index contributed by atoms with van der Waals surface area (Å²) in [6.07, 6.45) is 0.478. The van der Waals surface area contributed by atoms with Crippen molar-refractivity contribution >= 4 is 15.9 Å². The van der Waals surface area contributed by atoms with Crippen molar-refractivity contribution in [3.8, 4) is 0 Å². The second-order valence-electron chi connectivity index (χ2n) is 11.5. The van der Waals surface area contributed by atoms with E-state index in [0.717, 1.165) is 17.2 Å². The van der Waals surface area contributed by atoms with Gasteiger partial charge < -0.3 is 5.11 Å². The molecule has 7 nitrogen and oxygen atoms in total. The van der Waals surface area contributed by atoms with E-state index >= 15 is 8.78 Å². The molecule has 0 radical (unpaired) electrons. The van der Waals surface area contributed by atoms with Crippen molar-refractivity contribution < 1.29 is 31.9 Å². The normalized spacial score (nSPS) is 35.3. The number of halogens is 2. The molecule has 2 aliphatic heterocycles. The minimum atomic E-state index is -3.83. The van der Waals surface area contributed by atoms with Gasteiger partial charge in [0.05, 0.1) is 11.5 Å². The Balaban J connectivity index is 1.48. The van der Waals surface area contributed by atoms with Crippen molar-refractivity contribution in [2.75, 3.05) is 7.05 Å². The van der Waals surface area contributed by atoms with Crippen LogP contribution in [0.2, 0.25) is 0 Å². The number of sulfonamides is 1. The van der Waals surface area contributed by atoms with Gasteiger partial charge >= 0.3 is 0 Å². The number of hydroxylamine groups is 2. The third kappa shape index (κ3) is 4.35. The van der Waals surface area contributed by atoms with Crippen LogP contribution in [0, 0.1) is 17.6 Å². The number of carbonyl (C=O) groups excluding carboxylic acids is 1. The quantitative estimate of drug-likeness (QED) is 0.605. The fourth-order valence-corrected chi connectivity index (χ4v) is 8.96. The molecule has 0 bridgehead atoms. The largest absolute Gasteiger partial charge is 0.390 e. The zero-order chi connectivity index (χ0) is 27.6. The lowest BCUT2D eigenvalue weighted by atomic mass is 9.52. The average Bonchev–Trinajstić information content (AvgIpc) is 3.09. The van der Waals surface area contributed by atoms with E-state index in [-0.39, 0.29) is 42.5 Å². The molecule has 2 aromatic carbocycles. The fourth-order valence-electron chi connectivity index (χ4n) is 6.77. The highest BCUT2D eigenvalue weighted by Gasteiger charge is 2.62. The van der Waals surface area contributed by atoms with Crippen LogP contribution >= 0.6 is 0 Å². The Labute approximate surface area is 222 Å². The highest BCUT2D eigenvalue weighted by atomic mass is 32.2. The number of rotatable bonds is 5. The van der Waals surface area contributed by atoms with Crippen LogP contribution in [0.4, 0.5) is 8.78 Å². The van der Waals surface area contributed by atoms with Gasteiger partial charge in [0.15, 0.2) is 0 Å². The number of hydrogen-bond acceptors (Lipinski definition) is 5. The number of carbonyl (C=O) groups is 1. The van der Waals surface area contributed by atoms with E-state index in [0.29, 0.717) is 18.4 Å².